The molecule has 94 valence electrons. The molecule has 1 aromatic heterocycles. The number of imidazole rings is 1. The van der Waals surface area contributed by atoms with Crippen molar-refractivity contribution in [2.45, 2.75) is 26.3 Å². The summed E-state index contributed by atoms with van der Waals surface area (Å²) in [6.07, 6.45) is 2.21. The summed E-state index contributed by atoms with van der Waals surface area (Å²) in [6, 6.07) is 5.59. The number of rotatable bonds is 1. The van der Waals surface area contributed by atoms with E-state index in [1.165, 1.54) is 13.5 Å². The van der Waals surface area contributed by atoms with Crippen LogP contribution >= 0.6 is 0 Å². The smallest absolute Gasteiger partial charge is 0.337 e. The quantitative estimate of drug-likeness (QED) is 0.723. The standard InChI is InChI=1S/C14H16N2O2/c1-9-5-6-16-12-4-3-10(14(17)18-2)8-11(12)15-13(16)7-9/h3-4,8-9H,5-7H2,1-2H3/t9-/m0/s1. The normalized spacial score (nSPS) is 18.7. The molecule has 2 heterocycles. The topological polar surface area (TPSA) is 44.1 Å². The first-order chi connectivity index (χ1) is 8.69. The van der Waals surface area contributed by atoms with Gasteiger partial charge >= 0.3 is 5.97 Å². The number of ether oxygens (including phenoxy) is 1. The molecule has 4 nitrogen and oxygen atoms in total. The summed E-state index contributed by atoms with van der Waals surface area (Å²) >= 11 is 0. The monoisotopic (exact) mass is 244 g/mol. The second-order valence-corrected chi connectivity index (χ2v) is 4.97. The summed E-state index contributed by atoms with van der Waals surface area (Å²) in [6.45, 7) is 3.27. The Hall–Kier alpha value is -1.84. The van der Waals surface area contributed by atoms with E-state index in [1.807, 2.05) is 12.1 Å². The maximum absolute atomic E-state index is 11.5. The van der Waals surface area contributed by atoms with Gasteiger partial charge in [0.25, 0.3) is 0 Å². The third-order valence-electron chi connectivity index (χ3n) is 3.62. The van der Waals surface area contributed by atoms with Crippen molar-refractivity contribution in [1.82, 2.24) is 9.55 Å². The molecular formula is C14H16N2O2. The number of carbonyl (C=O) groups is 1. The number of aromatic nitrogens is 2. The van der Waals surface area contributed by atoms with E-state index < -0.39 is 0 Å². The Morgan fingerprint density at radius 3 is 3.11 bits per heavy atom. The van der Waals surface area contributed by atoms with E-state index in [0.29, 0.717) is 11.5 Å². The summed E-state index contributed by atoms with van der Waals surface area (Å²) in [5.74, 6) is 1.51. The Balaban J connectivity index is 2.11. The number of carbonyl (C=O) groups excluding carboxylic acids is 1. The number of methoxy groups -OCH3 is 1. The van der Waals surface area contributed by atoms with Crippen molar-refractivity contribution >= 4 is 17.0 Å². The fourth-order valence-corrected chi connectivity index (χ4v) is 2.59. The second kappa shape index (κ2) is 4.12. The van der Waals surface area contributed by atoms with Crippen LogP contribution in [-0.4, -0.2) is 22.6 Å². The summed E-state index contributed by atoms with van der Waals surface area (Å²) in [7, 11) is 1.40. The van der Waals surface area contributed by atoms with E-state index in [4.69, 9.17) is 4.74 Å². The molecule has 0 unspecified atom stereocenters. The van der Waals surface area contributed by atoms with Gasteiger partial charge in [0.2, 0.25) is 0 Å². The zero-order valence-corrected chi connectivity index (χ0v) is 10.6. The van der Waals surface area contributed by atoms with Crippen LogP contribution in [0.3, 0.4) is 0 Å². The molecule has 1 aliphatic rings. The Labute approximate surface area is 106 Å². The van der Waals surface area contributed by atoms with Crippen molar-refractivity contribution in [3.05, 3.63) is 29.6 Å². The van der Waals surface area contributed by atoms with Crippen molar-refractivity contribution in [3.63, 3.8) is 0 Å². The molecule has 2 aromatic rings. The van der Waals surface area contributed by atoms with E-state index in [0.717, 1.165) is 29.8 Å². The first-order valence-electron chi connectivity index (χ1n) is 6.26. The maximum atomic E-state index is 11.5. The lowest BCUT2D eigenvalue weighted by Crippen LogP contribution is -2.17. The molecule has 3 rings (SSSR count). The molecule has 0 radical (unpaired) electrons. The first-order valence-corrected chi connectivity index (χ1v) is 6.26. The van der Waals surface area contributed by atoms with Gasteiger partial charge in [-0.15, -0.1) is 0 Å². The molecule has 1 aliphatic heterocycles. The largest absolute Gasteiger partial charge is 0.465 e. The predicted molar refractivity (Wildman–Crippen MR) is 68.6 cm³/mol. The highest BCUT2D eigenvalue weighted by atomic mass is 16.5. The van der Waals surface area contributed by atoms with Gasteiger partial charge in [0.15, 0.2) is 0 Å². The predicted octanol–water partition coefficient (Wildman–Crippen LogP) is 2.41. The number of aryl methyl sites for hydroxylation is 1. The van der Waals surface area contributed by atoms with E-state index in [1.54, 1.807) is 6.07 Å². The van der Waals surface area contributed by atoms with Crippen molar-refractivity contribution in [3.8, 4) is 0 Å². The lowest BCUT2D eigenvalue weighted by Gasteiger charge is -2.19. The van der Waals surface area contributed by atoms with Crippen LogP contribution in [0.2, 0.25) is 0 Å². The lowest BCUT2D eigenvalue weighted by molar-refractivity contribution is 0.0601. The molecule has 0 amide bonds. The van der Waals surface area contributed by atoms with Gasteiger partial charge in [0.1, 0.15) is 5.82 Å². The number of benzene rings is 1. The van der Waals surface area contributed by atoms with E-state index >= 15 is 0 Å². The molecule has 0 bridgehead atoms. The zero-order chi connectivity index (χ0) is 12.7. The highest BCUT2D eigenvalue weighted by molar-refractivity contribution is 5.93. The van der Waals surface area contributed by atoms with E-state index in [9.17, 15) is 4.79 Å². The highest BCUT2D eigenvalue weighted by Crippen LogP contribution is 2.25. The van der Waals surface area contributed by atoms with Crippen molar-refractivity contribution in [2.24, 2.45) is 5.92 Å². The minimum Gasteiger partial charge on any atom is -0.465 e. The third kappa shape index (κ3) is 1.68. The number of nitrogens with zero attached hydrogens (tertiary/aromatic N) is 2. The van der Waals surface area contributed by atoms with Crippen molar-refractivity contribution in [2.75, 3.05) is 7.11 Å². The minimum atomic E-state index is -0.309. The third-order valence-corrected chi connectivity index (χ3v) is 3.62. The second-order valence-electron chi connectivity index (χ2n) is 4.97. The van der Waals surface area contributed by atoms with Crippen LogP contribution in [0.5, 0.6) is 0 Å². The van der Waals surface area contributed by atoms with Gasteiger partial charge in [0.05, 0.1) is 23.7 Å². The van der Waals surface area contributed by atoms with Crippen molar-refractivity contribution < 1.29 is 9.53 Å². The molecule has 0 saturated heterocycles. The number of esters is 1. The molecule has 0 saturated carbocycles. The van der Waals surface area contributed by atoms with Crippen LogP contribution in [0.15, 0.2) is 18.2 Å². The average molecular weight is 244 g/mol. The summed E-state index contributed by atoms with van der Waals surface area (Å²) in [5, 5.41) is 0. The van der Waals surface area contributed by atoms with E-state index in [2.05, 4.69) is 16.5 Å². The molecule has 1 aromatic carbocycles. The molecule has 1 atom stereocenters. The van der Waals surface area contributed by atoms with Crippen LogP contribution in [0, 0.1) is 5.92 Å². The van der Waals surface area contributed by atoms with Crippen LogP contribution in [0.4, 0.5) is 0 Å². The number of hydrogen-bond acceptors (Lipinski definition) is 3. The first kappa shape index (κ1) is 11.3. The summed E-state index contributed by atoms with van der Waals surface area (Å²) < 4.78 is 6.99. The maximum Gasteiger partial charge on any atom is 0.337 e. The summed E-state index contributed by atoms with van der Waals surface area (Å²) in [4.78, 5) is 16.1. The lowest BCUT2D eigenvalue weighted by atomic mass is 10.0. The summed E-state index contributed by atoms with van der Waals surface area (Å²) in [5.41, 5.74) is 2.57. The molecule has 4 heteroatoms. The molecule has 0 N–H and O–H groups in total. The zero-order valence-electron chi connectivity index (χ0n) is 10.6. The fourth-order valence-electron chi connectivity index (χ4n) is 2.59. The van der Waals surface area contributed by atoms with Gasteiger partial charge in [-0.3, -0.25) is 0 Å². The van der Waals surface area contributed by atoms with E-state index in [-0.39, 0.29) is 5.97 Å². The van der Waals surface area contributed by atoms with Crippen LogP contribution < -0.4 is 0 Å². The highest BCUT2D eigenvalue weighted by Gasteiger charge is 2.19. The van der Waals surface area contributed by atoms with Gasteiger partial charge in [-0.25, -0.2) is 9.78 Å². The molecule has 0 fully saturated rings. The number of hydrogen-bond donors (Lipinski definition) is 0. The van der Waals surface area contributed by atoms with Gasteiger partial charge in [0, 0.05) is 13.0 Å². The van der Waals surface area contributed by atoms with Crippen LogP contribution in [-0.2, 0) is 17.7 Å². The molecule has 0 spiro atoms. The fraction of sp³-hybridized carbons (Fsp3) is 0.429. The van der Waals surface area contributed by atoms with Gasteiger partial charge < -0.3 is 9.30 Å². The Morgan fingerprint density at radius 2 is 2.33 bits per heavy atom. The average Bonchev–Trinajstić information content (AvgIpc) is 2.73. The Kier molecular flexibility index (Phi) is 2.58. The van der Waals surface area contributed by atoms with Gasteiger partial charge in [-0.1, -0.05) is 6.92 Å². The molecular weight excluding hydrogens is 228 g/mol. The number of fused-ring (bicyclic) bond motifs is 3. The van der Waals surface area contributed by atoms with Gasteiger partial charge in [-0.2, -0.15) is 0 Å². The van der Waals surface area contributed by atoms with Crippen LogP contribution in [0.1, 0.15) is 29.5 Å². The Bertz CT molecular complexity index is 616. The van der Waals surface area contributed by atoms with Gasteiger partial charge in [-0.05, 0) is 30.5 Å². The van der Waals surface area contributed by atoms with Crippen LogP contribution in [0.25, 0.3) is 11.0 Å². The Morgan fingerprint density at radius 1 is 1.50 bits per heavy atom. The van der Waals surface area contributed by atoms with Crippen molar-refractivity contribution in [1.29, 1.82) is 0 Å². The molecule has 0 aliphatic carbocycles. The molecule has 18 heavy (non-hydrogen) atoms. The SMILES string of the molecule is COC(=O)c1ccc2c(c1)nc1n2CC[C@H](C)C1. The minimum absolute atomic E-state index is 0.309.